The van der Waals surface area contributed by atoms with Gasteiger partial charge in [0.15, 0.2) is 0 Å². The zero-order chi connectivity index (χ0) is 16.8. The van der Waals surface area contributed by atoms with Crippen LogP contribution in [0.15, 0.2) is 0 Å². The van der Waals surface area contributed by atoms with Gasteiger partial charge in [-0.15, -0.1) is 0 Å². The molecular formula is C19H38O2. The summed E-state index contributed by atoms with van der Waals surface area (Å²) in [6.07, 6.45) is 5.77. The fourth-order valence-corrected chi connectivity index (χ4v) is 3.46. The lowest BCUT2D eigenvalue weighted by Gasteiger charge is -2.45. The number of aliphatic carboxylic acids is 1. The zero-order valence-electron chi connectivity index (χ0n) is 15.6. The Morgan fingerprint density at radius 1 is 0.952 bits per heavy atom. The molecule has 3 atom stereocenters. The highest BCUT2D eigenvalue weighted by molar-refractivity contribution is 5.69. The second kappa shape index (κ2) is 8.19. The predicted molar refractivity (Wildman–Crippen MR) is 91.4 cm³/mol. The van der Waals surface area contributed by atoms with E-state index in [1.807, 2.05) is 6.92 Å². The van der Waals surface area contributed by atoms with Gasteiger partial charge in [0.25, 0.3) is 0 Å². The zero-order valence-corrected chi connectivity index (χ0v) is 15.6. The van der Waals surface area contributed by atoms with E-state index < -0.39 is 5.97 Å². The monoisotopic (exact) mass is 298 g/mol. The van der Waals surface area contributed by atoms with Crippen molar-refractivity contribution in [3.63, 3.8) is 0 Å². The molecule has 0 radical (unpaired) electrons. The van der Waals surface area contributed by atoms with Crippen molar-refractivity contribution < 1.29 is 9.90 Å². The minimum absolute atomic E-state index is 0.147. The SMILES string of the molecule is CCCCCC(C(CC(C)C(=O)O)C(C)(C)C)C(C)(C)C. The standard InChI is InChI=1S/C19H38O2/c1-9-10-11-12-15(18(3,4)5)16(19(6,7)8)13-14(2)17(20)21/h14-16H,9-13H2,1-8H3,(H,20,21). The number of unbranched alkanes of at least 4 members (excludes halogenated alkanes) is 2. The highest BCUT2D eigenvalue weighted by Gasteiger charge is 2.39. The molecule has 21 heavy (non-hydrogen) atoms. The van der Waals surface area contributed by atoms with Crippen molar-refractivity contribution in [3.8, 4) is 0 Å². The summed E-state index contributed by atoms with van der Waals surface area (Å²) in [6, 6.07) is 0. The second-order valence-corrected chi connectivity index (χ2v) is 8.92. The number of hydrogen-bond donors (Lipinski definition) is 1. The maximum Gasteiger partial charge on any atom is 0.306 e. The minimum Gasteiger partial charge on any atom is -0.481 e. The summed E-state index contributed by atoms with van der Waals surface area (Å²) in [6.45, 7) is 17.8. The van der Waals surface area contributed by atoms with E-state index in [1.54, 1.807) is 0 Å². The van der Waals surface area contributed by atoms with Crippen molar-refractivity contribution in [1.29, 1.82) is 0 Å². The number of carbonyl (C=O) groups is 1. The molecule has 0 aliphatic rings. The number of rotatable bonds is 8. The van der Waals surface area contributed by atoms with E-state index in [4.69, 9.17) is 0 Å². The van der Waals surface area contributed by atoms with Crippen molar-refractivity contribution >= 4 is 5.97 Å². The molecule has 2 heteroatoms. The molecule has 126 valence electrons. The molecular weight excluding hydrogens is 260 g/mol. The van der Waals surface area contributed by atoms with Gasteiger partial charge in [-0.25, -0.2) is 0 Å². The summed E-state index contributed by atoms with van der Waals surface area (Å²) in [4.78, 5) is 11.3. The molecule has 0 amide bonds. The molecule has 0 rings (SSSR count). The van der Waals surface area contributed by atoms with E-state index in [9.17, 15) is 9.90 Å². The van der Waals surface area contributed by atoms with Gasteiger partial charge in [-0.3, -0.25) is 4.79 Å². The Hall–Kier alpha value is -0.530. The molecule has 0 aromatic carbocycles. The smallest absolute Gasteiger partial charge is 0.306 e. The Bertz CT molecular complexity index is 307. The van der Waals surface area contributed by atoms with Crippen LogP contribution in [-0.4, -0.2) is 11.1 Å². The molecule has 0 spiro atoms. The van der Waals surface area contributed by atoms with Crippen molar-refractivity contribution in [3.05, 3.63) is 0 Å². The maximum atomic E-state index is 11.3. The summed E-state index contributed by atoms with van der Waals surface area (Å²) < 4.78 is 0. The van der Waals surface area contributed by atoms with Crippen molar-refractivity contribution in [1.82, 2.24) is 0 Å². The van der Waals surface area contributed by atoms with Gasteiger partial charge in [-0.2, -0.15) is 0 Å². The third kappa shape index (κ3) is 7.33. The highest BCUT2D eigenvalue weighted by atomic mass is 16.4. The van der Waals surface area contributed by atoms with Crippen LogP contribution >= 0.6 is 0 Å². The van der Waals surface area contributed by atoms with Crippen molar-refractivity contribution in [2.45, 2.75) is 87.5 Å². The Morgan fingerprint density at radius 3 is 1.76 bits per heavy atom. The lowest BCUT2D eigenvalue weighted by molar-refractivity contribution is -0.142. The summed E-state index contributed by atoms with van der Waals surface area (Å²) in [5, 5.41) is 9.30. The van der Waals surface area contributed by atoms with Crippen LogP contribution in [0.25, 0.3) is 0 Å². The Morgan fingerprint density at radius 2 is 1.43 bits per heavy atom. The van der Waals surface area contributed by atoms with Crippen LogP contribution in [-0.2, 0) is 4.79 Å². The quantitative estimate of drug-likeness (QED) is 0.558. The van der Waals surface area contributed by atoms with Crippen molar-refractivity contribution in [2.75, 3.05) is 0 Å². The van der Waals surface area contributed by atoms with Crippen molar-refractivity contribution in [2.24, 2.45) is 28.6 Å². The number of carboxylic acid groups (broad SMARTS) is 1. The molecule has 0 saturated heterocycles. The Balaban J connectivity index is 5.23. The molecule has 0 saturated carbocycles. The van der Waals surface area contributed by atoms with E-state index in [2.05, 4.69) is 48.5 Å². The van der Waals surface area contributed by atoms with E-state index >= 15 is 0 Å². The third-order valence-electron chi connectivity index (χ3n) is 4.86. The lowest BCUT2D eigenvalue weighted by Crippen LogP contribution is -2.38. The van der Waals surface area contributed by atoms with Gasteiger partial charge in [-0.05, 0) is 35.5 Å². The van der Waals surface area contributed by atoms with E-state index in [-0.39, 0.29) is 16.7 Å². The topological polar surface area (TPSA) is 37.3 Å². The van der Waals surface area contributed by atoms with Crippen LogP contribution in [0.5, 0.6) is 0 Å². The van der Waals surface area contributed by atoms with E-state index in [1.165, 1.54) is 25.7 Å². The van der Waals surface area contributed by atoms with Crippen LogP contribution in [0.4, 0.5) is 0 Å². The van der Waals surface area contributed by atoms with Crippen LogP contribution < -0.4 is 0 Å². The summed E-state index contributed by atoms with van der Waals surface area (Å²) in [7, 11) is 0. The van der Waals surface area contributed by atoms with E-state index in [0.717, 1.165) is 6.42 Å². The van der Waals surface area contributed by atoms with Crippen LogP contribution in [0.1, 0.15) is 87.5 Å². The average molecular weight is 299 g/mol. The fraction of sp³-hybridized carbons (Fsp3) is 0.947. The summed E-state index contributed by atoms with van der Waals surface area (Å²) in [5.41, 5.74) is 0.373. The summed E-state index contributed by atoms with van der Waals surface area (Å²) >= 11 is 0. The number of carboxylic acids is 1. The van der Waals surface area contributed by atoms with Crippen LogP contribution in [0, 0.1) is 28.6 Å². The predicted octanol–water partition coefficient (Wildman–Crippen LogP) is 6.00. The van der Waals surface area contributed by atoms with E-state index in [0.29, 0.717) is 11.8 Å². The van der Waals surface area contributed by atoms with Crippen LogP contribution in [0.3, 0.4) is 0 Å². The third-order valence-corrected chi connectivity index (χ3v) is 4.86. The Kier molecular flexibility index (Phi) is 7.99. The van der Waals surface area contributed by atoms with Gasteiger partial charge in [0.1, 0.15) is 0 Å². The molecule has 0 aromatic heterocycles. The van der Waals surface area contributed by atoms with Gasteiger partial charge in [0, 0.05) is 0 Å². The molecule has 1 N–H and O–H groups in total. The molecule has 0 heterocycles. The Labute approximate surface area is 132 Å². The highest BCUT2D eigenvalue weighted by Crippen LogP contribution is 2.46. The first kappa shape index (κ1) is 20.5. The van der Waals surface area contributed by atoms with Crippen LogP contribution in [0.2, 0.25) is 0 Å². The molecule has 0 fully saturated rings. The normalized spacial score (nSPS) is 17.3. The largest absolute Gasteiger partial charge is 0.481 e. The minimum atomic E-state index is -0.662. The maximum absolute atomic E-state index is 11.3. The average Bonchev–Trinajstić information content (AvgIpc) is 2.29. The first-order valence-corrected chi connectivity index (χ1v) is 8.64. The van der Waals surface area contributed by atoms with Gasteiger partial charge in [0.2, 0.25) is 0 Å². The molecule has 0 aliphatic heterocycles. The molecule has 2 nitrogen and oxygen atoms in total. The molecule has 0 aromatic rings. The fourth-order valence-electron chi connectivity index (χ4n) is 3.46. The molecule has 0 aliphatic carbocycles. The lowest BCUT2D eigenvalue weighted by atomic mass is 9.60. The number of hydrogen-bond acceptors (Lipinski definition) is 1. The molecule has 0 bridgehead atoms. The summed E-state index contributed by atoms with van der Waals surface area (Å²) in [5.74, 6) is 0.0991. The van der Waals surface area contributed by atoms with Gasteiger partial charge in [0.05, 0.1) is 5.92 Å². The van der Waals surface area contributed by atoms with Gasteiger partial charge < -0.3 is 5.11 Å². The molecule has 3 unspecified atom stereocenters. The first-order chi connectivity index (χ1) is 9.41. The van der Waals surface area contributed by atoms with Gasteiger partial charge in [-0.1, -0.05) is 74.7 Å². The van der Waals surface area contributed by atoms with Gasteiger partial charge >= 0.3 is 5.97 Å². The first-order valence-electron chi connectivity index (χ1n) is 8.64. The second-order valence-electron chi connectivity index (χ2n) is 8.92.